The van der Waals surface area contributed by atoms with Crippen molar-refractivity contribution in [2.45, 2.75) is 6.92 Å². The molecule has 0 aliphatic rings. The van der Waals surface area contributed by atoms with Crippen molar-refractivity contribution < 1.29 is 4.21 Å². The first-order valence-electron chi connectivity index (χ1n) is 6.24. The molecule has 0 aliphatic carbocycles. The van der Waals surface area contributed by atoms with Crippen LogP contribution < -0.4 is 10.6 Å². The van der Waals surface area contributed by atoms with Crippen molar-refractivity contribution in [1.82, 2.24) is 24.5 Å². The molecule has 0 radical (unpaired) electrons. The molecule has 8 nitrogen and oxygen atoms in total. The molecule has 2 N–H and O–H groups in total. The zero-order chi connectivity index (χ0) is 14.4. The van der Waals surface area contributed by atoms with Crippen LogP contribution in [0.3, 0.4) is 0 Å². The molecule has 0 spiro atoms. The van der Waals surface area contributed by atoms with Gasteiger partial charge in [-0.3, -0.25) is 8.78 Å². The molecule has 0 fully saturated rings. The second kappa shape index (κ2) is 6.94. The Hall–Kier alpha value is -2.03. The summed E-state index contributed by atoms with van der Waals surface area (Å²) in [6.07, 6.45) is 5.02. The van der Waals surface area contributed by atoms with Crippen LogP contribution in [-0.2, 0) is 10.8 Å². The first-order chi connectivity index (χ1) is 9.72. The topological polar surface area (TPSA) is 97.6 Å². The van der Waals surface area contributed by atoms with E-state index in [1.807, 2.05) is 6.92 Å². The van der Waals surface area contributed by atoms with Crippen molar-refractivity contribution in [1.29, 1.82) is 0 Å². The van der Waals surface area contributed by atoms with Crippen LogP contribution >= 0.6 is 0 Å². The summed E-state index contributed by atoms with van der Waals surface area (Å²) < 4.78 is 13.1. The molecule has 20 heavy (non-hydrogen) atoms. The Labute approximate surface area is 119 Å². The molecular weight excluding hydrogens is 278 g/mol. The van der Waals surface area contributed by atoms with Gasteiger partial charge >= 0.3 is 0 Å². The third kappa shape index (κ3) is 3.73. The fraction of sp³-hybridized carbons (Fsp3) is 0.455. The highest BCUT2D eigenvalue weighted by molar-refractivity contribution is 7.84. The van der Waals surface area contributed by atoms with E-state index in [9.17, 15) is 4.21 Å². The third-order valence-electron chi connectivity index (χ3n) is 2.52. The summed E-state index contributed by atoms with van der Waals surface area (Å²) in [5.74, 6) is 2.60. The lowest BCUT2D eigenvalue weighted by Crippen LogP contribution is -2.16. The molecule has 108 valence electrons. The van der Waals surface area contributed by atoms with Crippen molar-refractivity contribution in [2.24, 2.45) is 0 Å². The minimum absolute atomic E-state index is 0.446. The van der Waals surface area contributed by atoms with Gasteiger partial charge in [0.25, 0.3) is 0 Å². The molecule has 1 unspecified atom stereocenters. The highest BCUT2D eigenvalue weighted by atomic mass is 32.2. The molecule has 2 aromatic heterocycles. The van der Waals surface area contributed by atoms with Crippen molar-refractivity contribution in [2.75, 3.05) is 35.7 Å². The second-order valence-electron chi connectivity index (χ2n) is 3.86. The van der Waals surface area contributed by atoms with Gasteiger partial charge in [0.05, 0.1) is 0 Å². The number of rotatable bonds is 7. The minimum atomic E-state index is -0.807. The monoisotopic (exact) mass is 295 g/mol. The van der Waals surface area contributed by atoms with Crippen LogP contribution in [-0.4, -0.2) is 53.8 Å². The Morgan fingerprint density at radius 2 is 2.10 bits per heavy atom. The van der Waals surface area contributed by atoms with Crippen LogP contribution in [0.5, 0.6) is 0 Å². The van der Waals surface area contributed by atoms with Crippen LogP contribution in [0.25, 0.3) is 5.95 Å². The molecule has 1 atom stereocenters. The van der Waals surface area contributed by atoms with Gasteiger partial charge in [-0.2, -0.15) is 15.0 Å². The van der Waals surface area contributed by atoms with Gasteiger partial charge in [0, 0.05) is 48.3 Å². The summed E-state index contributed by atoms with van der Waals surface area (Å²) in [5, 5.41) is 5.94. The van der Waals surface area contributed by atoms with E-state index >= 15 is 0 Å². The van der Waals surface area contributed by atoms with Gasteiger partial charge < -0.3 is 10.6 Å². The van der Waals surface area contributed by atoms with Gasteiger partial charge in [0.2, 0.25) is 17.8 Å². The van der Waals surface area contributed by atoms with Gasteiger partial charge in [0.15, 0.2) is 0 Å². The normalized spacial score (nSPS) is 12.1. The van der Waals surface area contributed by atoms with Crippen molar-refractivity contribution in [3.8, 4) is 5.95 Å². The number of hydrogen-bond acceptors (Lipinski definition) is 7. The van der Waals surface area contributed by atoms with Gasteiger partial charge in [-0.25, -0.2) is 4.98 Å². The lowest BCUT2D eigenvalue weighted by atomic mass is 10.7. The summed E-state index contributed by atoms with van der Waals surface area (Å²) in [4.78, 5) is 16.7. The third-order valence-corrected chi connectivity index (χ3v) is 3.82. The van der Waals surface area contributed by atoms with Crippen LogP contribution in [0.4, 0.5) is 11.9 Å². The van der Waals surface area contributed by atoms with E-state index in [1.54, 1.807) is 30.3 Å². The molecule has 2 aromatic rings. The fourth-order valence-corrected chi connectivity index (χ4v) is 2.09. The Kier molecular flexibility index (Phi) is 4.99. The zero-order valence-corrected chi connectivity index (χ0v) is 12.2. The first kappa shape index (κ1) is 14.4. The number of anilines is 2. The maximum atomic E-state index is 11.4. The Morgan fingerprint density at radius 1 is 1.30 bits per heavy atom. The molecule has 0 bridgehead atoms. The number of nitrogens with one attached hydrogen (secondary N) is 2. The molecule has 0 aliphatic heterocycles. The average Bonchev–Trinajstić information content (AvgIpc) is 3.01. The van der Waals surface area contributed by atoms with Crippen molar-refractivity contribution >= 4 is 22.7 Å². The Morgan fingerprint density at radius 3 is 2.75 bits per heavy atom. The number of imidazole rings is 1. The van der Waals surface area contributed by atoms with E-state index in [0.717, 1.165) is 0 Å². The average molecular weight is 295 g/mol. The molecule has 9 heteroatoms. The van der Waals surface area contributed by atoms with Crippen LogP contribution in [0.15, 0.2) is 18.7 Å². The van der Waals surface area contributed by atoms with Crippen LogP contribution in [0, 0.1) is 0 Å². The van der Waals surface area contributed by atoms with E-state index < -0.39 is 10.8 Å². The lowest BCUT2D eigenvalue weighted by molar-refractivity contribution is 0.684. The van der Waals surface area contributed by atoms with Crippen LogP contribution in [0.1, 0.15) is 6.92 Å². The van der Waals surface area contributed by atoms with E-state index in [-0.39, 0.29) is 0 Å². The van der Waals surface area contributed by atoms with Gasteiger partial charge in [-0.15, -0.1) is 0 Å². The predicted octanol–water partition coefficient (Wildman–Crippen LogP) is 0.279. The fourth-order valence-electron chi connectivity index (χ4n) is 1.47. The summed E-state index contributed by atoms with van der Waals surface area (Å²) in [5.41, 5.74) is 0. The maximum Gasteiger partial charge on any atom is 0.241 e. The number of hydrogen-bond donors (Lipinski definition) is 2. The quantitative estimate of drug-likeness (QED) is 0.757. The van der Waals surface area contributed by atoms with E-state index in [4.69, 9.17) is 0 Å². The lowest BCUT2D eigenvalue weighted by Gasteiger charge is -2.08. The summed E-state index contributed by atoms with van der Waals surface area (Å²) in [6.45, 7) is 2.45. The minimum Gasteiger partial charge on any atom is -0.357 e. The maximum absolute atomic E-state index is 11.4. The molecular formula is C11H17N7OS. The Bertz CT molecular complexity index is 572. The first-order valence-corrected chi connectivity index (χ1v) is 7.72. The van der Waals surface area contributed by atoms with Crippen molar-refractivity contribution in [3.05, 3.63) is 18.7 Å². The zero-order valence-electron chi connectivity index (χ0n) is 11.4. The van der Waals surface area contributed by atoms with Gasteiger partial charge in [-0.1, -0.05) is 6.92 Å². The molecule has 2 heterocycles. The highest BCUT2D eigenvalue weighted by Gasteiger charge is 2.07. The number of aromatic nitrogens is 5. The SMILES string of the molecule is CCS(=O)CCNc1nc(NC)nc(-n2ccnc2)n1. The van der Waals surface area contributed by atoms with E-state index in [0.29, 0.717) is 35.9 Å². The standard InChI is InChI=1S/C11H17N7OS/c1-3-20(19)7-5-14-10-15-9(12-2)16-11(17-10)18-6-4-13-8-18/h4,6,8H,3,5,7H2,1-2H3,(H2,12,14,15,16,17). The van der Waals surface area contributed by atoms with E-state index in [2.05, 4.69) is 30.6 Å². The van der Waals surface area contributed by atoms with Gasteiger partial charge in [-0.05, 0) is 0 Å². The molecule has 0 saturated carbocycles. The molecule has 2 rings (SSSR count). The molecule has 0 aromatic carbocycles. The van der Waals surface area contributed by atoms with E-state index in [1.165, 1.54) is 0 Å². The smallest absolute Gasteiger partial charge is 0.241 e. The summed E-state index contributed by atoms with van der Waals surface area (Å²) in [6, 6.07) is 0. The molecule has 0 amide bonds. The predicted molar refractivity (Wildman–Crippen MR) is 78.5 cm³/mol. The number of nitrogens with zero attached hydrogens (tertiary/aromatic N) is 5. The summed E-state index contributed by atoms with van der Waals surface area (Å²) in [7, 11) is 0.932. The second-order valence-corrected chi connectivity index (χ2v) is 5.73. The largest absolute Gasteiger partial charge is 0.357 e. The van der Waals surface area contributed by atoms with Crippen molar-refractivity contribution in [3.63, 3.8) is 0 Å². The van der Waals surface area contributed by atoms with Crippen LogP contribution in [0.2, 0.25) is 0 Å². The van der Waals surface area contributed by atoms with Gasteiger partial charge in [0.1, 0.15) is 6.33 Å². The highest BCUT2D eigenvalue weighted by Crippen LogP contribution is 2.08. The molecule has 0 saturated heterocycles. The Balaban J connectivity index is 2.12. The summed E-state index contributed by atoms with van der Waals surface area (Å²) >= 11 is 0.